The Morgan fingerprint density at radius 3 is 2.18 bits per heavy atom. The SMILES string of the molecule is CCC(=O)c1cc(C(C)=O)cc(C(N)=O)c1O. The molecular formula is C12H13NO4. The van der Waals surface area contributed by atoms with Crippen LogP contribution in [0.4, 0.5) is 0 Å². The summed E-state index contributed by atoms with van der Waals surface area (Å²) in [5, 5.41) is 9.73. The number of amides is 1. The second kappa shape index (κ2) is 4.78. The van der Waals surface area contributed by atoms with Crippen LogP contribution in [0.25, 0.3) is 0 Å². The number of carbonyl (C=O) groups is 3. The molecule has 0 fully saturated rings. The molecule has 1 rings (SSSR count). The highest BCUT2D eigenvalue weighted by atomic mass is 16.3. The van der Waals surface area contributed by atoms with E-state index in [0.717, 1.165) is 0 Å². The van der Waals surface area contributed by atoms with Crippen LogP contribution in [0.15, 0.2) is 12.1 Å². The average molecular weight is 235 g/mol. The fraction of sp³-hybridized carbons (Fsp3) is 0.250. The maximum absolute atomic E-state index is 11.6. The van der Waals surface area contributed by atoms with Gasteiger partial charge in [0.05, 0.1) is 11.1 Å². The number of Topliss-reactive ketones (excluding diaryl/α,β-unsaturated/α-hetero) is 2. The summed E-state index contributed by atoms with van der Waals surface area (Å²) in [5.74, 6) is -2.00. The summed E-state index contributed by atoms with van der Waals surface area (Å²) in [6, 6.07) is 2.46. The first-order chi connectivity index (χ1) is 7.88. The minimum Gasteiger partial charge on any atom is -0.506 e. The summed E-state index contributed by atoms with van der Waals surface area (Å²) in [5.41, 5.74) is 4.99. The van der Waals surface area contributed by atoms with Gasteiger partial charge in [0.15, 0.2) is 11.6 Å². The third-order valence-corrected chi connectivity index (χ3v) is 2.40. The van der Waals surface area contributed by atoms with Crippen LogP contribution in [0.1, 0.15) is 51.3 Å². The van der Waals surface area contributed by atoms with E-state index in [1.54, 1.807) is 6.92 Å². The minimum absolute atomic E-state index is 0.0472. The molecule has 5 nitrogen and oxygen atoms in total. The Morgan fingerprint density at radius 2 is 1.76 bits per heavy atom. The number of phenols is 1. The fourth-order valence-electron chi connectivity index (χ4n) is 1.43. The van der Waals surface area contributed by atoms with E-state index < -0.39 is 11.7 Å². The first kappa shape index (κ1) is 12.9. The highest BCUT2D eigenvalue weighted by Crippen LogP contribution is 2.26. The monoisotopic (exact) mass is 235 g/mol. The molecule has 0 atom stereocenters. The van der Waals surface area contributed by atoms with Gasteiger partial charge in [0.2, 0.25) is 0 Å². The van der Waals surface area contributed by atoms with Crippen LogP contribution in [-0.4, -0.2) is 22.6 Å². The average Bonchev–Trinajstić information content (AvgIpc) is 2.27. The summed E-state index contributed by atoms with van der Waals surface area (Å²) >= 11 is 0. The van der Waals surface area contributed by atoms with Gasteiger partial charge >= 0.3 is 0 Å². The fourth-order valence-corrected chi connectivity index (χ4v) is 1.43. The Morgan fingerprint density at radius 1 is 1.24 bits per heavy atom. The summed E-state index contributed by atoms with van der Waals surface area (Å²) in [6.07, 6.45) is 0.160. The van der Waals surface area contributed by atoms with Gasteiger partial charge in [-0.1, -0.05) is 6.92 Å². The van der Waals surface area contributed by atoms with Crippen molar-refractivity contribution >= 4 is 17.5 Å². The summed E-state index contributed by atoms with van der Waals surface area (Å²) in [6.45, 7) is 2.92. The molecule has 0 aliphatic heterocycles. The van der Waals surface area contributed by atoms with Gasteiger partial charge in [-0.2, -0.15) is 0 Å². The number of ketones is 2. The Bertz CT molecular complexity index is 505. The van der Waals surface area contributed by atoms with Crippen molar-refractivity contribution < 1.29 is 19.5 Å². The number of hydrogen-bond donors (Lipinski definition) is 2. The lowest BCUT2D eigenvalue weighted by Gasteiger charge is -2.08. The summed E-state index contributed by atoms with van der Waals surface area (Å²) < 4.78 is 0. The molecule has 0 aliphatic rings. The number of primary amides is 1. The van der Waals surface area contributed by atoms with E-state index in [0.29, 0.717) is 0 Å². The van der Waals surface area contributed by atoms with E-state index in [-0.39, 0.29) is 34.7 Å². The second-order valence-electron chi connectivity index (χ2n) is 3.62. The third-order valence-electron chi connectivity index (χ3n) is 2.40. The Hall–Kier alpha value is -2.17. The van der Waals surface area contributed by atoms with Gasteiger partial charge in [-0.3, -0.25) is 14.4 Å². The zero-order valence-electron chi connectivity index (χ0n) is 9.61. The zero-order valence-corrected chi connectivity index (χ0v) is 9.61. The van der Waals surface area contributed by atoms with Crippen molar-refractivity contribution in [3.63, 3.8) is 0 Å². The molecule has 0 saturated heterocycles. The van der Waals surface area contributed by atoms with Gasteiger partial charge < -0.3 is 10.8 Å². The predicted octanol–water partition coefficient (Wildman–Crippen LogP) is 1.29. The summed E-state index contributed by atoms with van der Waals surface area (Å²) in [4.78, 5) is 33.9. The molecule has 0 saturated carbocycles. The lowest BCUT2D eigenvalue weighted by molar-refractivity contribution is 0.0985. The molecule has 1 amide bonds. The molecule has 90 valence electrons. The van der Waals surface area contributed by atoms with Crippen LogP contribution in [-0.2, 0) is 0 Å². The Kier molecular flexibility index (Phi) is 3.62. The van der Waals surface area contributed by atoms with Gasteiger partial charge in [0.1, 0.15) is 5.75 Å². The van der Waals surface area contributed by atoms with Crippen LogP contribution in [0.3, 0.4) is 0 Å². The molecule has 0 bridgehead atoms. The van der Waals surface area contributed by atoms with Crippen LogP contribution < -0.4 is 5.73 Å². The van der Waals surface area contributed by atoms with Crippen molar-refractivity contribution in [1.29, 1.82) is 0 Å². The second-order valence-corrected chi connectivity index (χ2v) is 3.62. The van der Waals surface area contributed by atoms with E-state index in [4.69, 9.17) is 5.73 Å². The maximum Gasteiger partial charge on any atom is 0.252 e. The lowest BCUT2D eigenvalue weighted by atomic mass is 9.98. The quantitative estimate of drug-likeness (QED) is 0.768. The molecule has 0 aromatic heterocycles. The third kappa shape index (κ3) is 2.50. The number of nitrogens with two attached hydrogens (primary N) is 1. The van der Waals surface area contributed by atoms with E-state index in [2.05, 4.69) is 0 Å². The first-order valence-corrected chi connectivity index (χ1v) is 5.09. The first-order valence-electron chi connectivity index (χ1n) is 5.09. The lowest BCUT2D eigenvalue weighted by Crippen LogP contribution is -2.14. The van der Waals surface area contributed by atoms with Crippen LogP contribution in [0.5, 0.6) is 5.75 Å². The van der Waals surface area contributed by atoms with Crippen molar-refractivity contribution in [3.05, 3.63) is 28.8 Å². The molecule has 0 spiro atoms. The number of rotatable bonds is 4. The molecule has 0 heterocycles. The highest BCUT2D eigenvalue weighted by Gasteiger charge is 2.19. The minimum atomic E-state index is -0.879. The zero-order chi connectivity index (χ0) is 13.2. The van der Waals surface area contributed by atoms with Crippen molar-refractivity contribution in [2.75, 3.05) is 0 Å². The van der Waals surface area contributed by atoms with Crippen molar-refractivity contribution in [2.45, 2.75) is 20.3 Å². The van der Waals surface area contributed by atoms with Crippen LogP contribution in [0, 0.1) is 0 Å². The van der Waals surface area contributed by atoms with Gasteiger partial charge in [-0.05, 0) is 19.1 Å². The predicted molar refractivity (Wildman–Crippen MR) is 61.3 cm³/mol. The largest absolute Gasteiger partial charge is 0.506 e. The van der Waals surface area contributed by atoms with Crippen LogP contribution >= 0.6 is 0 Å². The highest BCUT2D eigenvalue weighted by molar-refractivity contribution is 6.07. The number of carbonyl (C=O) groups excluding carboxylic acids is 3. The van der Waals surface area contributed by atoms with E-state index >= 15 is 0 Å². The van der Waals surface area contributed by atoms with E-state index in [1.807, 2.05) is 0 Å². The number of aromatic hydroxyl groups is 1. The molecule has 3 N–H and O–H groups in total. The molecule has 17 heavy (non-hydrogen) atoms. The van der Waals surface area contributed by atoms with Gasteiger partial charge in [-0.25, -0.2) is 0 Å². The van der Waals surface area contributed by atoms with Gasteiger partial charge in [0, 0.05) is 12.0 Å². The smallest absolute Gasteiger partial charge is 0.252 e. The molecule has 0 aliphatic carbocycles. The molecule has 1 aromatic rings. The van der Waals surface area contributed by atoms with Crippen LogP contribution in [0.2, 0.25) is 0 Å². The maximum atomic E-state index is 11.6. The Labute approximate surface area is 98.2 Å². The molecule has 1 aromatic carbocycles. The normalized spacial score (nSPS) is 10.0. The van der Waals surface area contributed by atoms with Crippen molar-refractivity contribution in [2.24, 2.45) is 5.73 Å². The van der Waals surface area contributed by atoms with Crippen molar-refractivity contribution in [3.8, 4) is 5.75 Å². The number of hydrogen-bond acceptors (Lipinski definition) is 4. The van der Waals surface area contributed by atoms with Crippen molar-refractivity contribution in [1.82, 2.24) is 0 Å². The molecule has 0 unspecified atom stereocenters. The molecule has 5 heteroatoms. The Balaban J connectivity index is 3.54. The van der Waals surface area contributed by atoms with Gasteiger partial charge in [-0.15, -0.1) is 0 Å². The molecule has 0 radical (unpaired) electrons. The van der Waals surface area contributed by atoms with E-state index in [1.165, 1.54) is 19.1 Å². The summed E-state index contributed by atoms with van der Waals surface area (Å²) in [7, 11) is 0. The van der Waals surface area contributed by atoms with E-state index in [9.17, 15) is 19.5 Å². The topological polar surface area (TPSA) is 97.5 Å². The van der Waals surface area contributed by atoms with Gasteiger partial charge in [0.25, 0.3) is 5.91 Å². The standard InChI is InChI=1S/C12H13NO4/c1-3-10(15)8-4-7(6(2)14)5-9(11(8)16)12(13)17/h4-5,16H,3H2,1-2H3,(H2,13,17). The number of benzene rings is 1. The molecular weight excluding hydrogens is 222 g/mol.